The highest BCUT2D eigenvalue weighted by atomic mass is 16.5. The summed E-state index contributed by atoms with van der Waals surface area (Å²) in [6, 6.07) is 9.36. The van der Waals surface area contributed by atoms with Gasteiger partial charge in [0.15, 0.2) is 0 Å². The average Bonchev–Trinajstić information content (AvgIpc) is 3.19. The number of carbonyl (C=O) groups is 1. The highest BCUT2D eigenvalue weighted by Gasteiger charge is 2.61. The molecule has 0 aliphatic heterocycles. The van der Waals surface area contributed by atoms with Crippen molar-refractivity contribution in [3.63, 3.8) is 0 Å². The fourth-order valence-corrected chi connectivity index (χ4v) is 9.66. The molecule has 1 aromatic rings. The summed E-state index contributed by atoms with van der Waals surface area (Å²) in [5, 5.41) is 20.8. The minimum absolute atomic E-state index is 0.0282. The van der Waals surface area contributed by atoms with Crippen molar-refractivity contribution in [2.45, 2.75) is 104 Å². The molecule has 0 amide bonds. The molecule has 0 radical (unpaired) electrons. The summed E-state index contributed by atoms with van der Waals surface area (Å²) < 4.78 is 5.97. The molecule has 38 heavy (non-hydrogen) atoms. The molecule has 0 aromatic heterocycles. The zero-order valence-electron chi connectivity index (χ0n) is 24.1. The fourth-order valence-electron chi connectivity index (χ4n) is 9.66. The number of hydrogen-bond acceptors (Lipinski definition) is 4. The van der Waals surface area contributed by atoms with E-state index in [0.29, 0.717) is 41.1 Å². The van der Waals surface area contributed by atoms with Gasteiger partial charge >= 0.3 is 5.97 Å². The maximum atomic E-state index is 12.7. The topological polar surface area (TPSA) is 66.8 Å². The summed E-state index contributed by atoms with van der Waals surface area (Å²) in [6.07, 6.45) is 13.1. The number of ether oxygens (including phenoxy) is 1. The second kappa shape index (κ2) is 11.1. The summed E-state index contributed by atoms with van der Waals surface area (Å²) in [4.78, 5) is 12.7. The molecule has 4 aliphatic carbocycles. The number of hydrogen-bond donors (Lipinski definition) is 2. The molecule has 10 atom stereocenters. The summed E-state index contributed by atoms with van der Waals surface area (Å²) in [6.45, 7) is 9.76. The third kappa shape index (κ3) is 5.01. The Bertz CT molecular complexity index is 1000. The van der Waals surface area contributed by atoms with Crippen molar-refractivity contribution < 1.29 is 19.7 Å². The monoisotopic (exact) mass is 522 g/mol. The predicted octanol–water partition coefficient (Wildman–Crippen LogP) is 7.20. The van der Waals surface area contributed by atoms with Crippen molar-refractivity contribution in [2.24, 2.45) is 46.3 Å². The first-order valence-electron chi connectivity index (χ1n) is 15.4. The van der Waals surface area contributed by atoms with Crippen molar-refractivity contribution in [1.82, 2.24) is 0 Å². The normalized spacial score (nSPS) is 39.8. The molecule has 2 N–H and O–H groups in total. The lowest BCUT2D eigenvalue weighted by Gasteiger charge is -2.58. The van der Waals surface area contributed by atoms with E-state index in [2.05, 4.69) is 33.8 Å². The molecular weight excluding hydrogens is 472 g/mol. The van der Waals surface area contributed by atoms with Gasteiger partial charge in [0.25, 0.3) is 0 Å². The molecule has 3 fully saturated rings. The molecule has 0 unspecified atom stereocenters. The maximum Gasteiger partial charge on any atom is 0.338 e. The van der Waals surface area contributed by atoms with E-state index < -0.39 is 0 Å². The van der Waals surface area contributed by atoms with Crippen LogP contribution in [-0.4, -0.2) is 35.0 Å². The molecule has 0 saturated heterocycles. The van der Waals surface area contributed by atoms with Gasteiger partial charge in [0, 0.05) is 13.0 Å². The van der Waals surface area contributed by atoms with Crippen molar-refractivity contribution in [3.8, 4) is 0 Å². The summed E-state index contributed by atoms with van der Waals surface area (Å²) in [5.74, 6) is 2.96. The van der Waals surface area contributed by atoms with Crippen molar-refractivity contribution >= 4 is 5.97 Å². The molecule has 0 bridgehead atoms. The SMILES string of the molecule is C[C@@H](CO)CCC[C@@H](C)[C@H]1[C@H](O)C[C@H]2[C@@H]3CC=C4C[C@H](OC(=O)c5ccccc5)CC[C@]4(C)[C@H]3CC[C@]12C. The summed E-state index contributed by atoms with van der Waals surface area (Å²) in [7, 11) is 0. The molecule has 4 heteroatoms. The van der Waals surface area contributed by atoms with E-state index in [0.717, 1.165) is 51.4 Å². The fraction of sp³-hybridized carbons (Fsp3) is 0.735. The van der Waals surface area contributed by atoms with Crippen LogP contribution in [0.15, 0.2) is 42.0 Å². The first-order valence-corrected chi connectivity index (χ1v) is 15.4. The van der Waals surface area contributed by atoms with Gasteiger partial charge in [0.1, 0.15) is 6.10 Å². The predicted molar refractivity (Wildman–Crippen MR) is 151 cm³/mol. The van der Waals surface area contributed by atoms with Crippen LogP contribution in [0, 0.1) is 46.3 Å². The van der Waals surface area contributed by atoms with Crippen LogP contribution < -0.4 is 0 Å². The van der Waals surface area contributed by atoms with E-state index in [-0.39, 0.29) is 35.6 Å². The number of rotatable bonds is 8. The van der Waals surface area contributed by atoms with Gasteiger partial charge in [-0.1, -0.05) is 70.4 Å². The van der Waals surface area contributed by atoms with Gasteiger partial charge in [-0.3, -0.25) is 0 Å². The van der Waals surface area contributed by atoms with Gasteiger partial charge in [-0.15, -0.1) is 0 Å². The highest BCUT2D eigenvalue weighted by Crippen LogP contribution is 2.67. The van der Waals surface area contributed by atoms with Gasteiger partial charge in [0.2, 0.25) is 0 Å². The van der Waals surface area contributed by atoms with E-state index >= 15 is 0 Å². The van der Waals surface area contributed by atoms with E-state index in [1.807, 2.05) is 30.3 Å². The van der Waals surface area contributed by atoms with Gasteiger partial charge in [-0.25, -0.2) is 4.79 Å². The smallest absolute Gasteiger partial charge is 0.338 e. The van der Waals surface area contributed by atoms with Gasteiger partial charge in [-0.2, -0.15) is 0 Å². The lowest BCUT2D eigenvalue weighted by atomic mass is 9.47. The van der Waals surface area contributed by atoms with Crippen LogP contribution in [-0.2, 0) is 4.74 Å². The summed E-state index contributed by atoms with van der Waals surface area (Å²) >= 11 is 0. The molecule has 1 aromatic carbocycles. The first kappa shape index (κ1) is 27.9. The molecule has 0 heterocycles. The van der Waals surface area contributed by atoms with Crippen molar-refractivity contribution in [2.75, 3.05) is 6.61 Å². The van der Waals surface area contributed by atoms with Crippen molar-refractivity contribution in [3.05, 3.63) is 47.5 Å². The standard InChI is InChI=1S/C34H50O4/c1-22(21-35)9-8-10-23(2)31-30(36)20-29-27-14-13-25-19-26(38-32(37)24-11-6-5-7-12-24)15-17-33(25,3)28(27)16-18-34(29,31)4/h5-7,11-13,22-23,26-31,35-36H,8-10,14-21H2,1-4H3/t22-,23-,26-,27-,28+,29+,30-,31+,33+,34+/m1/s1. The number of aliphatic hydroxyl groups excluding tert-OH is 2. The Hall–Kier alpha value is -1.65. The molecule has 210 valence electrons. The maximum absolute atomic E-state index is 12.7. The Morgan fingerprint density at radius 1 is 1.08 bits per heavy atom. The second-order valence-corrected chi connectivity index (χ2v) is 14.0. The number of benzene rings is 1. The van der Waals surface area contributed by atoms with Crippen LogP contribution in [0.25, 0.3) is 0 Å². The largest absolute Gasteiger partial charge is 0.458 e. The number of allylic oxidation sites excluding steroid dienone is 1. The van der Waals surface area contributed by atoms with Gasteiger partial charge in [0.05, 0.1) is 11.7 Å². The third-order valence-corrected chi connectivity index (χ3v) is 11.7. The number of esters is 1. The van der Waals surface area contributed by atoms with E-state index in [9.17, 15) is 15.0 Å². The van der Waals surface area contributed by atoms with Crippen LogP contribution in [0.1, 0.15) is 102 Å². The van der Waals surface area contributed by atoms with Crippen LogP contribution in [0.2, 0.25) is 0 Å². The average molecular weight is 523 g/mol. The van der Waals surface area contributed by atoms with E-state index in [4.69, 9.17) is 4.74 Å². The number of fused-ring (bicyclic) bond motifs is 5. The quantitative estimate of drug-likeness (QED) is 0.280. The molecule has 5 rings (SSSR count). The molecule has 0 spiro atoms. The Morgan fingerprint density at radius 2 is 1.84 bits per heavy atom. The Kier molecular flexibility index (Phi) is 8.14. The number of aliphatic hydroxyl groups is 2. The van der Waals surface area contributed by atoms with Crippen LogP contribution >= 0.6 is 0 Å². The molecule has 4 nitrogen and oxygen atoms in total. The second-order valence-electron chi connectivity index (χ2n) is 14.0. The van der Waals surface area contributed by atoms with Gasteiger partial charge in [-0.05, 0) is 103 Å². The van der Waals surface area contributed by atoms with Crippen molar-refractivity contribution in [1.29, 1.82) is 0 Å². The van der Waals surface area contributed by atoms with E-state index in [1.165, 1.54) is 18.4 Å². The zero-order valence-corrected chi connectivity index (χ0v) is 24.1. The zero-order chi connectivity index (χ0) is 27.1. The lowest BCUT2D eigenvalue weighted by Crippen LogP contribution is -2.51. The highest BCUT2D eigenvalue weighted by molar-refractivity contribution is 5.89. The Morgan fingerprint density at radius 3 is 2.58 bits per heavy atom. The van der Waals surface area contributed by atoms with E-state index in [1.54, 1.807) is 0 Å². The van der Waals surface area contributed by atoms with Gasteiger partial charge < -0.3 is 14.9 Å². The minimum atomic E-state index is -0.201. The Balaban J connectivity index is 1.26. The third-order valence-electron chi connectivity index (χ3n) is 11.7. The first-order chi connectivity index (χ1) is 18.2. The molecular formula is C34H50O4. The molecule has 3 saturated carbocycles. The minimum Gasteiger partial charge on any atom is -0.458 e. The van der Waals surface area contributed by atoms with Crippen LogP contribution in [0.5, 0.6) is 0 Å². The molecule has 4 aliphatic rings. The summed E-state index contributed by atoms with van der Waals surface area (Å²) in [5.41, 5.74) is 2.55. The van der Waals surface area contributed by atoms with Crippen LogP contribution in [0.3, 0.4) is 0 Å². The Labute approximate surface area is 230 Å². The number of carbonyl (C=O) groups excluding carboxylic acids is 1. The lowest BCUT2D eigenvalue weighted by molar-refractivity contribution is -0.0638. The van der Waals surface area contributed by atoms with Crippen LogP contribution in [0.4, 0.5) is 0 Å².